The van der Waals surface area contributed by atoms with Crippen LogP contribution in [-0.4, -0.2) is 43.8 Å². The number of nitrogens with zero attached hydrogens (tertiary/aromatic N) is 1. The van der Waals surface area contributed by atoms with Gasteiger partial charge in [-0.15, -0.1) is 0 Å². The Kier molecular flexibility index (Phi) is 6.24. The maximum Gasteiger partial charge on any atom is 0.387 e. The van der Waals surface area contributed by atoms with Gasteiger partial charge in [-0.05, 0) is 38.5 Å². The van der Waals surface area contributed by atoms with Gasteiger partial charge in [0.05, 0.1) is 25.8 Å². The molecular formula is C18H22F2N2O5. The predicted molar refractivity (Wildman–Crippen MR) is 92.6 cm³/mol. The number of nitrogens with one attached hydrogen (secondary N) is 1. The highest BCUT2D eigenvalue weighted by atomic mass is 19.3. The molecule has 0 fully saturated rings. The molecule has 2 amide bonds. The van der Waals surface area contributed by atoms with Gasteiger partial charge in [-0.1, -0.05) is 6.07 Å². The Morgan fingerprint density at radius 2 is 1.89 bits per heavy atom. The zero-order chi connectivity index (χ0) is 20.3. The summed E-state index contributed by atoms with van der Waals surface area (Å²) in [7, 11) is 2.55. The maximum absolute atomic E-state index is 12.7. The Balaban J connectivity index is 2.58. The largest absolute Gasteiger partial charge is 0.493 e. The topological polar surface area (TPSA) is 77.1 Å². The molecule has 1 atom stereocenters. The number of hydrogen-bond acceptors (Lipinski definition) is 5. The first-order chi connectivity index (χ1) is 12.7. The molecule has 1 N–H and O–H groups in total. The summed E-state index contributed by atoms with van der Waals surface area (Å²) < 4.78 is 39.8. The van der Waals surface area contributed by atoms with E-state index in [1.54, 1.807) is 26.8 Å². The van der Waals surface area contributed by atoms with E-state index >= 15 is 0 Å². The van der Waals surface area contributed by atoms with Crippen LogP contribution in [0.3, 0.4) is 0 Å². The number of allylic oxidation sites excluding steroid dienone is 1. The van der Waals surface area contributed by atoms with E-state index in [-0.39, 0.29) is 23.1 Å². The first kappa shape index (κ1) is 20.5. The lowest BCUT2D eigenvalue weighted by atomic mass is 9.94. The quantitative estimate of drug-likeness (QED) is 0.762. The lowest BCUT2D eigenvalue weighted by Gasteiger charge is -2.37. The first-order valence-corrected chi connectivity index (χ1v) is 8.22. The van der Waals surface area contributed by atoms with Crippen LogP contribution in [0.15, 0.2) is 29.5 Å². The molecule has 9 heteroatoms. The number of benzene rings is 1. The highest BCUT2D eigenvalue weighted by Gasteiger charge is 2.37. The van der Waals surface area contributed by atoms with E-state index in [1.165, 1.54) is 31.3 Å². The minimum Gasteiger partial charge on any atom is -0.493 e. The summed E-state index contributed by atoms with van der Waals surface area (Å²) in [5, 5.41) is 2.72. The van der Waals surface area contributed by atoms with Crippen molar-refractivity contribution < 1.29 is 32.6 Å². The van der Waals surface area contributed by atoms with Gasteiger partial charge < -0.3 is 19.5 Å². The smallest absolute Gasteiger partial charge is 0.387 e. The van der Waals surface area contributed by atoms with Crippen molar-refractivity contribution in [1.29, 1.82) is 0 Å². The van der Waals surface area contributed by atoms with Crippen LogP contribution in [0.25, 0.3) is 0 Å². The van der Waals surface area contributed by atoms with Crippen LogP contribution in [0.1, 0.15) is 32.4 Å². The van der Waals surface area contributed by atoms with Crippen molar-refractivity contribution in [2.24, 2.45) is 0 Å². The number of alkyl halides is 2. The van der Waals surface area contributed by atoms with Crippen LogP contribution in [-0.2, 0) is 9.53 Å². The van der Waals surface area contributed by atoms with E-state index in [9.17, 15) is 18.4 Å². The third kappa shape index (κ3) is 4.12. The summed E-state index contributed by atoms with van der Waals surface area (Å²) in [6, 6.07) is 2.80. The summed E-state index contributed by atoms with van der Waals surface area (Å²) >= 11 is 0. The molecule has 1 aliphatic rings. The van der Waals surface area contributed by atoms with Gasteiger partial charge in [0.15, 0.2) is 11.5 Å². The van der Waals surface area contributed by atoms with Crippen molar-refractivity contribution in [3.8, 4) is 11.5 Å². The summed E-state index contributed by atoms with van der Waals surface area (Å²) in [6.45, 7) is 2.20. The number of amides is 2. The molecule has 7 nitrogen and oxygen atoms in total. The molecule has 0 radical (unpaired) electrons. The zero-order valence-electron chi connectivity index (χ0n) is 15.7. The predicted octanol–water partition coefficient (Wildman–Crippen LogP) is 3.22. The molecule has 148 valence electrons. The van der Waals surface area contributed by atoms with Crippen LogP contribution < -0.4 is 14.8 Å². The van der Waals surface area contributed by atoms with E-state index in [4.69, 9.17) is 9.47 Å². The molecule has 0 spiro atoms. The van der Waals surface area contributed by atoms with Crippen molar-refractivity contribution in [3.05, 3.63) is 35.0 Å². The Hall–Kier alpha value is -2.84. The van der Waals surface area contributed by atoms with Gasteiger partial charge in [0.1, 0.15) is 0 Å². The fourth-order valence-electron chi connectivity index (χ4n) is 3.06. The number of carbonyl (C=O) groups excluding carboxylic acids is 2. The van der Waals surface area contributed by atoms with E-state index in [0.717, 1.165) is 0 Å². The summed E-state index contributed by atoms with van der Waals surface area (Å²) in [4.78, 5) is 26.3. The van der Waals surface area contributed by atoms with Crippen LogP contribution >= 0.6 is 0 Å². The molecule has 0 bridgehead atoms. The number of halogens is 2. The molecule has 1 aromatic rings. The minimum absolute atomic E-state index is 0.102. The fraction of sp³-hybridized carbons (Fsp3) is 0.444. The fourth-order valence-corrected chi connectivity index (χ4v) is 3.06. The summed E-state index contributed by atoms with van der Waals surface area (Å²) in [6.07, 6.45) is 0. The number of urea groups is 1. The van der Waals surface area contributed by atoms with Gasteiger partial charge in [0.25, 0.3) is 0 Å². The van der Waals surface area contributed by atoms with Gasteiger partial charge in [-0.25, -0.2) is 9.59 Å². The number of esters is 1. The Morgan fingerprint density at radius 1 is 1.22 bits per heavy atom. The van der Waals surface area contributed by atoms with Crippen molar-refractivity contribution in [2.45, 2.75) is 39.5 Å². The van der Waals surface area contributed by atoms with Gasteiger partial charge in [-0.2, -0.15) is 8.78 Å². The average Bonchev–Trinajstić information content (AvgIpc) is 2.59. The lowest BCUT2D eigenvalue weighted by Crippen LogP contribution is -2.50. The van der Waals surface area contributed by atoms with E-state index < -0.39 is 24.7 Å². The molecule has 1 heterocycles. The van der Waals surface area contributed by atoms with Crippen molar-refractivity contribution >= 4 is 12.0 Å². The molecule has 1 aliphatic heterocycles. The second kappa shape index (κ2) is 8.24. The average molecular weight is 384 g/mol. The molecule has 0 unspecified atom stereocenters. The van der Waals surface area contributed by atoms with Gasteiger partial charge in [-0.3, -0.25) is 4.90 Å². The van der Waals surface area contributed by atoms with E-state index in [0.29, 0.717) is 11.3 Å². The van der Waals surface area contributed by atoms with Crippen molar-refractivity contribution in [3.63, 3.8) is 0 Å². The highest BCUT2D eigenvalue weighted by Crippen LogP contribution is 2.37. The molecule has 1 aromatic carbocycles. The lowest BCUT2D eigenvalue weighted by molar-refractivity contribution is -0.136. The van der Waals surface area contributed by atoms with E-state index in [1.807, 2.05) is 0 Å². The van der Waals surface area contributed by atoms with Crippen LogP contribution in [0.2, 0.25) is 0 Å². The number of rotatable bonds is 6. The number of ether oxygens (including phenoxy) is 3. The summed E-state index contributed by atoms with van der Waals surface area (Å²) in [5.74, 6) is -0.729. The SMILES string of the molecule is COC(=O)C1=C(C)N(C(C)C)C(=O)N[C@H]1c1ccc(OC)c(OC(F)F)c1. The Morgan fingerprint density at radius 3 is 2.41 bits per heavy atom. The van der Waals surface area contributed by atoms with Crippen LogP contribution in [0, 0.1) is 0 Å². The minimum atomic E-state index is -3.05. The Bertz CT molecular complexity index is 764. The molecule has 27 heavy (non-hydrogen) atoms. The number of hydrogen-bond donors (Lipinski definition) is 1. The van der Waals surface area contributed by atoms with Crippen LogP contribution in [0.5, 0.6) is 11.5 Å². The second-order valence-electron chi connectivity index (χ2n) is 6.13. The third-order valence-electron chi connectivity index (χ3n) is 4.19. The monoisotopic (exact) mass is 384 g/mol. The van der Waals surface area contributed by atoms with Gasteiger partial charge in [0, 0.05) is 11.7 Å². The number of methoxy groups -OCH3 is 2. The summed E-state index contributed by atoms with van der Waals surface area (Å²) in [5.41, 5.74) is 1.01. The molecule has 0 aromatic heterocycles. The normalized spacial score (nSPS) is 17.3. The molecule has 2 rings (SSSR count). The Labute approximate surface area is 155 Å². The molecule has 0 aliphatic carbocycles. The van der Waals surface area contributed by atoms with Gasteiger partial charge >= 0.3 is 18.6 Å². The molecular weight excluding hydrogens is 362 g/mol. The van der Waals surface area contributed by atoms with Gasteiger partial charge in [0.2, 0.25) is 0 Å². The molecule has 0 saturated carbocycles. The number of carbonyl (C=O) groups is 2. The molecule has 0 saturated heterocycles. The third-order valence-corrected chi connectivity index (χ3v) is 4.19. The zero-order valence-corrected chi connectivity index (χ0v) is 15.7. The highest BCUT2D eigenvalue weighted by molar-refractivity contribution is 5.95. The van der Waals surface area contributed by atoms with E-state index in [2.05, 4.69) is 10.1 Å². The van der Waals surface area contributed by atoms with Crippen molar-refractivity contribution in [1.82, 2.24) is 10.2 Å². The standard InChI is InChI=1S/C18H22F2N2O5/c1-9(2)22-10(3)14(16(23)26-5)15(21-18(22)24)11-6-7-12(25-4)13(8-11)27-17(19)20/h6-9,15,17H,1-5H3,(H,21,24)/t15-/m0/s1. The maximum atomic E-state index is 12.7. The second-order valence-corrected chi connectivity index (χ2v) is 6.13. The van der Waals surface area contributed by atoms with Crippen molar-refractivity contribution in [2.75, 3.05) is 14.2 Å². The first-order valence-electron chi connectivity index (χ1n) is 8.22. The van der Waals surface area contributed by atoms with Crippen LogP contribution in [0.4, 0.5) is 13.6 Å².